The highest BCUT2D eigenvalue weighted by Crippen LogP contribution is 2.30. The summed E-state index contributed by atoms with van der Waals surface area (Å²) in [7, 11) is 0. The van der Waals surface area contributed by atoms with Gasteiger partial charge in [-0.15, -0.1) is 0 Å². The summed E-state index contributed by atoms with van der Waals surface area (Å²) in [5.74, 6) is 0. The number of nitrogens with one attached hydrogen (secondary N) is 1. The van der Waals surface area contributed by atoms with Crippen LogP contribution in [0.15, 0.2) is 65.4 Å². The molecule has 0 aliphatic rings. The molecule has 4 heteroatoms. The summed E-state index contributed by atoms with van der Waals surface area (Å²) in [5.41, 5.74) is 5.47. The Kier molecular flexibility index (Phi) is 2.19. The zero-order valence-electron chi connectivity index (χ0n) is 11.6. The summed E-state index contributed by atoms with van der Waals surface area (Å²) < 4.78 is 5.37. The molecule has 0 saturated carbocycles. The Labute approximate surface area is 125 Å². The van der Waals surface area contributed by atoms with Crippen LogP contribution in [0.5, 0.6) is 0 Å². The van der Waals surface area contributed by atoms with E-state index in [0.29, 0.717) is 0 Å². The van der Waals surface area contributed by atoms with E-state index in [2.05, 4.69) is 28.2 Å². The first-order valence-corrected chi connectivity index (χ1v) is 7.10. The molecule has 5 aromatic rings. The van der Waals surface area contributed by atoms with Gasteiger partial charge in [-0.3, -0.25) is 0 Å². The molecule has 0 fully saturated rings. The summed E-state index contributed by atoms with van der Waals surface area (Å²) in [6, 6.07) is 18.3. The first-order valence-electron chi connectivity index (χ1n) is 7.10. The molecule has 3 heterocycles. The maximum atomic E-state index is 5.37. The first-order chi connectivity index (χ1) is 10.9. The van der Waals surface area contributed by atoms with E-state index in [4.69, 9.17) is 9.40 Å². The maximum absolute atomic E-state index is 5.37. The van der Waals surface area contributed by atoms with Crippen molar-refractivity contribution in [3.05, 3.63) is 61.0 Å². The van der Waals surface area contributed by atoms with Gasteiger partial charge in [0, 0.05) is 21.9 Å². The number of nitrogens with zero attached hydrogens (tertiary/aromatic N) is 2. The lowest BCUT2D eigenvalue weighted by Gasteiger charge is -2.01. The fraction of sp³-hybridized carbons (Fsp3) is 0. The molecular formula is C18H11N3O. The minimum atomic E-state index is 0.774. The lowest BCUT2D eigenvalue weighted by atomic mass is 10.1. The highest BCUT2D eigenvalue weighted by molar-refractivity contribution is 6.06. The molecule has 4 nitrogen and oxygen atoms in total. The van der Waals surface area contributed by atoms with Gasteiger partial charge in [-0.05, 0) is 24.3 Å². The van der Waals surface area contributed by atoms with Crippen LogP contribution < -0.4 is 0 Å². The molecule has 22 heavy (non-hydrogen) atoms. The number of aromatic amines is 1. The third kappa shape index (κ3) is 1.52. The number of fused-ring (bicyclic) bond motifs is 4. The second-order valence-electron chi connectivity index (χ2n) is 5.27. The number of H-pyrrole nitrogens is 1. The van der Waals surface area contributed by atoms with Crippen molar-refractivity contribution in [2.24, 2.45) is 0 Å². The second kappa shape index (κ2) is 4.18. The van der Waals surface area contributed by atoms with Gasteiger partial charge in [-0.25, -0.2) is 9.97 Å². The number of oxazole rings is 1. The van der Waals surface area contributed by atoms with Gasteiger partial charge >= 0.3 is 0 Å². The van der Waals surface area contributed by atoms with Crippen molar-refractivity contribution in [2.45, 2.75) is 0 Å². The Morgan fingerprint density at radius 2 is 1.82 bits per heavy atom. The van der Waals surface area contributed by atoms with E-state index >= 15 is 0 Å². The minimum Gasteiger partial charge on any atom is -0.443 e. The van der Waals surface area contributed by atoms with Gasteiger partial charge in [-0.2, -0.15) is 0 Å². The molecule has 0 atom stereocenters. The van der Waals surface area contributed by atoms with Gasteiger partial charge in [0.05, 0.1) is 5.69 Å². The van der Waals surface area contributed by atoms with E-state index < -0.39 is 0 Å². The van der Waals surface area contributed by atoms with Crippen LogP contribution in [0.3, 0.4) is 0 Å². The Balaban J connectivity index is 1.82. The van der Waals surface area contributed by atoms with E-state index in [0.717, 1.165) is 38.9 Å². The molecule has 0 amide bonds. The number of hydrogen-bond donors (Lipinski definition) is 1. The van der Waals surface area contributed by atoms with E-state index in [1.807, 2.05) is 36.4 Å². The number of hydrogen-bond acceptors (Lipinski definition) is 3. The molecule has 3 aromatic heterocycles. The fourth-order valence-electron chi connectivity index (χ4n) is 2.97. The van der Waals surface area contributed by atoms with Gasteiger partial charge in [-0.1, -0.05) is 30.3 Å². The van der Waals surface area contributed by atoms with Gasteiger partial charge in [0.1, 0.15) is 11.2 Å². The predicted molar refractivity (Wildman–Crippen MR) is 86.6 cm³/mol. The zero-order valence-corrected chi connectivity index (χ0v) is 11.6. The molecule has 0 bridgehead atoms. The third-order valence-corrected chi connectivity index (χ3v) is 4.00. The lowest BCUT2D eigenvalue weighted by molar-refractivity contribution is 0.602. The number of rotatable bonds is 1. The van der Waals surface area contributed by atoms with E-state index in [1.54, 1.807) is 0 Å². The van der Waals surface area contributed by atoms with Crippen LogP contribution in [-0.4, -0.2) is 15.0 Å². The quantitative estimate of drug-likeness (QED) is 0.492. The second-order valence-corrected chi connectivity index (χ2v) is 5.27. The Morgan fingerprint density at radius 3 is 2.82 bits per heavy atom. The molecule has 0 aliphatic carbocycles. The third-order valence-electron chi connectivity index (χ3n) is 4.00. The normalized spacial score (nSPS) is 11.6. The highest BCUT2D eigenvalue weighted by atomic mass is 16.3. The molecule has 0 radical (unpaired) electrons. The van der Waals surface area contributed by atoms with Crippen molar-refractivity contribution in [2.75, 3.05) is 0 Å². The van der Waals surface area contributed by atoms with Gasteiger partial charge in [0.15, 0.2) is 12.0 Å². The SMILES string of the molecule is c1ccc2c(c1)[nH]c1nc(-c3cccc4ocnc34)ccc12. The van der Waals surface area contributed by atoms with Crippen LogP contribution in [0, 0.1) is 0 Å². The number of benzene rings is 2. The molecule has 2 aromatic carbocycles. The van der Waals surface area contributed by atoms with Crippen LogP contribution in [0.25, 0.3) is 44.3 Å². The lowest BCUT2D eigenvalue weighted by Crippen LogP contribution is -1.86. The van der Waals surface area contributed by atoms with Crippen LogP contribution in [-0.2, 0) is 0 Å². The van der Waals surface area contributed by atoms with Gasteiger partial charge in [0.2, 0.25) is 0 Å². The molecule has 0 saturated heterocycles. The van der Waals surface area contributed by atoms with Crippen molar-refractivity contribution in [3.63, 3.8) is 0 Å². The summed E-state index contributed by atoms with van der Waals surface area (Å²) in [4.78, 5) is 12.5. The van der Waals surface area contributed by atoms with Crippen molar-refractivity contribution >= 4 is 33.0 Å². The number of para-hydroxylation sites is 2. The van der Waals surface area contributed by atoms with Crippen molar-refractivity contribution in [1.29, 1.82) is 0 Å². The summed E-state index contributed by atoms with van der Waals surface area (Å²) in [6.45, 7) is 0. The van der Waals surface area contributed by atoms with E-state index in [9.17, 15) is 0 Å². The highest BCUT2D eigenvalue weighted by Gasteiger charge is 2.11. The average molecular weight is 285 g/mol. The molecular weight excluding hydrogens is 274 g/mol. The van der Waals surface area contributed by atoms with E-state index in [-0.39, 0.29) is 0 Å². The monoisotopic (exact) mass is 285 g/mol. The average Bonchev–Trinajstić information content (AvgIpc) is 3.18. The van der Waals surface area contributed by atoms with Gasteiger partial charge in [0.25, 0.3) is 0 Å². The molecule has 5 rings (SSSR count). The first kappa shape index (κ1) is 11.5. The van der Waals surface area contributed by atoms with Crippen molar-refractivity contribution < 1.29 is 4.42 Å². The molecule has 0 unspecified atom stereocenters. The zero-order chi connectivity index (χ0) is 14.5. The van der Waals surface area contributed by atoms with Crippen LogP contribution in [0.2, 0.25) is 0 Å². The maximum Gasteiger partial charge on any atom is 0.182 e. The fourth-order valence-corrected chi connectivity index (χ4v) is 2.97. The Hall–Kier alpha value is -3.14. The van der Waals surface area contributed by atoms with Crippen LogP contribution in [0.1, 0.15) is 0 Å². The molecule has 1 N–H and O–H groups in total. The van der Waals surface area contributed by atoms with Crippen molar-refractivity contribution in [3.8, 4) is 11.3 Å². The molecule has 0 spiro atoms. The van der Waals surface area contributed by atoms with Gasteiger partial charge < -0.3 is 9.40 Å². The summed E-state index contributed by atoms with van der Waals surface area (Å²) in [5, 5.41) is 2.32. The predicted octanol–water partition coefficient (Wildman–Crippen LogP) is 4.52. The molecule has 0 aliphatic heterocycles. The summed E-state index contributed by atoms with van der Waals surface area (Å²) >= 11 is 0. The minimum absolute atomic E-state index is 0.774. The largest absolute Gasteiger partial charge is 0.443 e. The standard InChI is InChI=1S/C18H11N3O/c1-2-6-14-11(4-1)12-8-9-15(21-18(12)20-14)13-5-3-7-16-17(13)19-10-22-16/h1-10H,(H,20,21). The van der Waals surface area contributed by atoms with E-state index in [1.165, 1.54) is 11.8 Å². The Morgan fingerprint density at radius 1 is 0.864 bits per heavy atom. The Bertz CT molecular complexity index is 1140. The van der Waals surface area contributed by atoms with Crippen LogP contribution in [0.4, 0.5) is 0 Å². The van der Waals surface area contributed by atoms with Crippen molar-refractivity contribution in [1.82, 2.24) is 15.0 Å². The topological polar surface area (TPSA) is 54.7 Å². The summed E-state index contributed by atoms with van der Waals surface area (Å²) in [6.07, 6.45) is 1.47. The molecule has 104 valence electrons. The smallest absolute Gasteiger partial charge is 0.182 e. The number of aromatic nitrogens is 3. The number of pyridine rings is 1. The van der Waals surface area contributed by atoms with Crippen LogP contribution >= 0.6 is 0 Å².